The van der Waals surface area contributed by atoms with E-state index in [2.05, 4.69) is 9.41 Å². The van der Waals surface area contributed by atoms with Crippen molar-refractivity contribution < 1.29 is 27.8 Å². The van der Waals surface area contributed by atoms with Crippen LogP contribution in [0.4, 0.5) is 5.69 Å². The summed E-state index contributed by atoms with van der Waals surface area (Å²) < 4.78 is 27.0. The predicted octanol–water partition coefficient (Wildman–Crippen LogP) is 1.04. The molecule has 1 aromatic heterocycles. The molecule has 0 radical (unpaired) electrons. The van der Waals surface area contributed by atoms with Crippen LogP contribution in [0.3, 0.4) is 0 Å². The van der Waals surface area contributed by atoms with Crippen LogP contribution in [-0.2, 0) is 10.0 Å². The molecule has 132 valence electrons. The van der Waals surface area contributed by atoms with Crippen LogP contribution in [0.25, 0.3) is 0 Å². The molecule has 0 unspecified atom stereocenters. The van der Waals surface area contributed by atoms with Crippen molar-refractivity contribution in [3.8, 4) is 11.7 Å². The topological polar surface area (TPSA) is 160 Å². The molecule has 0 saturated heterocycles. The number of carbonyl (C=O) groups excluding carboxylic acids is 1. The molecule has 0 atom stereocenters. The van der Waals surface area contributed by atoms with Gasteiger partial charge in [-0.15, -0.1) is 0 Å². The molecule has 0 saturated carbocycles. The first kappa shape index (κ1) is 18.4. The number of hydrogen-bond acceptors (Lipinski definition) is 8. The summed E-state index contributed by atoms with van der Waals surface area (Å²) in [6.45, 7) is 2.46. The molecule has 0 fully saturated rings. The largest absolute Gasteiger partial charge is 0.506 e. The Hall–Kier alpha value is -2.98. The Morgan fingerprint density at radius 1 is 1.12 bits per heavy atom. The molecule has 1 aromatic carbocycles. The lowest BCUT2D eigenvalue weighted by Crippen LogP contribution is -2.15. The summed E-state index contributed by atoms with van der Waals surface area (Å²) in [7, 11) is -3.85. The predicted molar refractivity (Wildman–Crippen MR) is 88.0 cm³/mol. The molecule has 2 aromatic rings. The minimum atomic E-state index is -3.85. The summed E-state index contributed by atoms with van der Waals surface area (Å²) in [4.78, 5) is 27.3. The second kappa shape index (κ2) is 6.49. The van der Waals surface area contributed by atoms with Gasteiger partial charge in [-0.1, -0.05) is 0 Å². The molecule has 0 spiro atoms. The van der Waals surface area contributed by atoms with Gasteiger partial charge in [0, 0.05) is 0 Å². The highest BCUT2D eigenvalue weighted by Gasteiger charge is 2.23. The zero-order chi connectivity index (χ0) is 18.9. The van der Waals surface area contributed by atoms with Gasteiger partial charge in [-0.2, -0.15) is 0 Å². The summed E-state index contributed by atoms with van der Waals surface area (Å²) in [5.74, 6) is -2.43. The van der Waals surface area contributed by atoms with E-state index in [1.807, 2.05) is 0 Å². The second-order valence-electron chi connectivity index (χ2n) is 5.09. The normalized spacial score (nSPS) is 12.2. The third-order valence-corrected chi connectivity index (χ3v) is 4.19. The van der Waals surface area contributed by atoms with Crippen LogP contribution in [0, 0.1) is 0 Å². The number of aromatic hydroxyl groups is 2. The van der Waals surface area contributed by atoms with Crippen LogP contribution in [-0.4, -0.2) is 30.1 Å². The number of sulfonamides is 1. The molecule has 0 aliphatic heterocycles. The van der Waals surface area contributed by atoms with Gasteiger partial charge in [-0.05, 0) is 38.1 Å². The van der Waals surface area contributed by atoms with Gasteiger partial charge in [0.05, 0.1) is 16.3 Å². The Kier molecular flexibility index (Phi) is 4.77. The lowest BCUT2D eigenvalue weighted by molar-refractivity contribution is 0.100. The maximum atomic E-state index is 11.9. The minimum absolute atomic E-state index is 0.00268. The number of rotatable bonds is 4. The third kappa shape index (κ3) is 3.75. The van der Waals surface area contributed by atoms with Crippen molar-refractivity contribution in [2.45, 2.75) is 18.7 Å². The van der Waals surface area contributed by atoms with Crippen molar-refractivity contribution >= 4 is 27.2 Å². The maximum Gasteiger partial charge on any atom is 0.351 e. The molecular weight excluding hydrogens is 352 g/mol. The summed E-state index contributed by atoms with van der Waals surface area (Å²) in [5, 5.41) is 24.6. The fourth-order valence-electron chi connectivity index (χ4n) is 2.11. The number of hydrogen-bond donors (Lipinski definition) is 3. The van der Waals surface area contributed by atoms with Crippen LogP contribution in [0.2, 0.25) is 0 Å². The van der Waals surface area contributed by atoms with E-state index in [1.165, 1.54) is 31.2 Å². The van der Waals surface area contributed by atoms with Crippen molar-refractivity contribution in [2.24, 2.45) is 10.1 Å². The molecule has 0 aliphatic rings. The van der Waals surface area contributed by atoms with E-state index in [4.69, 9.17) is 5.14 Å². The van der Waals surface area contributed by atoms with E-state index in [9.17, 15) is 28.2 Å². The average molecular weight is 366 g/mol. The van der Waals surface area contributed by atoms with Gasteiger partial charge < -0.3 is 14.6 Å². The van der Waals surface area contributed by atoms with E-state index in [1.54, 1.807) is 0 Å². The quantitative estimate of drug-likeness (QED) is 0.538. The van der Waals surface area contributed by atoms with Gasteiger partial charge in [0.15, 0.2) is 5.78 Å². The van der Waals surface area contributed by atoms with E-state index in [-0.39, 0.29) is 16.3 Å². The number of ketones is 1. The fourth-order valence-corrected chi connectivity index (χ4v) is 2.62. The van der Waals surface area contributed by atoms with Crippen LogP contribution in [0.1, 0.15) is 29.8 Å². The molecular formula is C15H14N2O7S. The Morgan fingerprint density at radius 2 is 1.68 bits per heavy atom. The van der Waals surface area contributed by atoms with Gasteiger partial charge in [0.25, 0.3) is 5.95 Å². The standard InChI is InChI=1S/C15H14N2O7S/c1-7(17-9-3-5-10(6-4-9)25(16,22)23)11-13(19)12(8(2)18)15(21)24-14(11)20/h3-6,19,21H,1-2H3,(H2,16,22,23). The first-order valence-corrected chi connectivity index (χ1v) is 8.35. The molecule has 4 N–H and O–H groups in total. The number of carbonyl (C=O) groups is 1. The fraction of sp³-hybridized carbons (Fsp3) is 0.133. The zero-order valence-corrected chi connectivity index (χ0v) is 14.0. The van der Waals surface area contributed by atoms with Crippen molar-refractivity contribution in [3.05, 3.63) is 45.8 Å². The van der Waals surface area contributed by atoms with Crippen LogP contribution in [0.15, 0.2) is 43.4 Å². The number of nitrogens with two attached hydrogens (primary N) is 1. The second-order valence-corrected chi connectivity index (χ2v) is 6.65. The van der Waals surface area contributed by atoms with E-state index in [0.29, 0.717) is 0 Å². The first-order chi connectivity index (χ1) is 11.5. The summed E-state index contributed by atoms with van der Waals surface area (Å²) in [6, 6.07) is 5.13. The third-order valence-electron chi connectivity index (χ3n) is 3.26. The van der Waals surface area contributed by atoms with Crippen LogP contribution in [0.5, 0.6) is 11.7 Å². The molecule has 10 heteroatoms. The van der Waals surface area contributed by atoms with Crippen LogP contribution < -0.4 is 10.8 Å². The highest BCUT2D eigenvalue weighted by Crippen LogP contribution is 2.29. The summed E-state index contributed by atoms with van der Waals surface area (Å²) in [5.41, 5.74) is -1.74. The van der Waals surface area contributed by atoms with E-state index < -0.39 is 44.3 Å². The Morgan fingerprint density at radius 3 is 2.16 bits per heavy atom. The lowest BCUT2D eigenvalue weighted by atomic mass is 10.1. The minimum Gasteiger partial charge on any atom is -0.506 e. The van der Waals surface area contributed by atoms with Gasteiger partial charge >= 0.3 is 5.63 Å². The smallest absolute Gasteiger partial charge is 0.351 e. The summed E-state index contributed by atoms with van der Waals surface area (Å²) >= 11 is 0. The molecule has 0 bridgehead atoms. The molecule has 1 heterocycles. The number of primary sulfonamides is 1. The monoisotopic (exact) mass is 366 g/mol. The SMILES string of the molecule is CC(=O)c1c(O)oc(=O)c(C(C)=Nc2ccc(S(N)(=O)=O)cc2)c1O. The average Bonchev–Trinajstić information content (AvgIpc) is 2.45. The van der Waals surface area contributed by atoms with Gasteiger partial charge in [0.1, 0.15) is 16.9 Å². The molecule has 9 nitrogen and oxygen atoms in total. The van der Waals surface area contributed by atoms with Crippen molar-refractivity contribution in [3.63, 3.8) is 0 Å². The van der Waals surface area contributed by atoms with E-state index in [0.717, 1.165) is 6.92 Å². The number of benzene rings is 1. The molecule has 0 amide bonds. The Balaban J connectivity index is 2.56. The molecule has 2 rings (SSSR count). The van der Waals surface area contributed by atoms with Crippen molar-refractivity contribution in [1.29, 1.82) is 0 Å². The number of nitrogens with zero attached hydrogens (tertiary/aromatic N) is 1. The number of aliphatic imine (C=N–C) groups is 1. The van der Waals surface area contributed by atoms with Gasteiger partial charge in [0.2, 0.25) is 10.0 Å². The van der Waals surface area contributed by atoms with Crippen LogP contribution >= 0.6 is 0 Å². The molecule has 0 aliphatic carbocycles. The maximum absolute atomic E-state index is 11.9. The highest BCUT2D eigenvalue weighted by atomic mass is 32.2. The van der Waals surface area contributed by atoms with Crippen molar-refractivity contribution in [2.75, 3.05) is 0 Å². The first-order valence-electron chi connectivity index (χ1n) is 6.81. The molecule has 25 heavy (non-hydrogen) atoms. The van der Waals surface area contributed by atoms with Gasteiger partial charge in [-0.3, -0.25) is 9.79 Å². The number of Topliss-reactive ketones (excluding diaryl/α,β-unsaturated/α-hetero) is 1. The lowest BCUT2D eigenvalue weighted by Gasteiger charge is -2.07. The Labute approximate surface area is 142 Å². The van der Waals surface area contributed by atoms with Crippen molar-refractivity contribution in [1.82, 2.24) is 0 Å². The summed E-state index contributed by atoms with van der Waals surface area (Å²) in [6.07, 6.45) is 0. The van der Waals surface area contributed by atoms with E-state index >= 15 is 0 Å². The highest BCUT2D eigenvalue weighted by molar-refractivity contribution is 7.89. The Bertz CT molecular complexity index is 1030. The van der Waals surface area contributed by atoms with Gasteiger partial charge in [-0.25, -0.2) is 18.4 Å². The zero-order valence-electron chi connectivity index (χ0n) is 13.2.